The van der Waals surface area contributed by atoms with Crippen molar-refractivity contribution in [2.45, 2.75) is 51.0 Å². The summed E-state index contributed by atoms with van der Waals surface area (Å²) in [5.41, 5.74) is -1.60. The summed E-state index contributed by atoms with van der Waals surface area (Å²) in [5, 5.41) is 0. The van der Waals surface area contributed by atoms with Crippen LogP contribution in [0.5, 0.6) is 11.5 Å². The van der Waals surface area contributed by atoms with Crippen LogP contribution in [0.3, 0.4) is 0 Å². The number of carbonyl (C=O) groups excluding carboxylic acids is 1. The van der Waals surface area contributed by atoms with E-state index in [-0.39, 0.29) is 30.8 Å². The van der Waals surface area contributed by atoms with Crippen LogP contribution in [0.2, 0.25) is 0 Å². The zero-order valence-corrected chi connectivity index (χ0v) is 19.2. The molecule has 0 radical (unpaired) electrons. The molecule has 1 aliphatic carbocycles. The molecule has 0 spiro atoms. The van der Waals surface area contributed by atoms with E-state index in [1.54, 1.807) is 18.2 Å². The van der Waals surface area contributed by atoms with Crippen LogP contribution in [0.1, 0.15) is 44.0 Å². The first-order valence-corrected chi connectivity index (χ1v) is 11.1. The van der Waals surface area contributed by atoms with E-state index in [1.165, 1.54) is 21.0 Å². The number of alkyl halides is 1. The van der Waals surface area contributed by atoms with Gasteiger partial charge in [-0.3, -0.25) is 4.79 Å². The highest BCUT2D eigenvalue weighted by Crippen LogP contribution is 2.51. The highest BCUT2D eigenvalue weighted by atomic mass is 19.1. The van der Waals surface area contributed by atoms with Crippen LogP contribution in [0.25, 0.3) is 0 Å². The quantitative estimate of drug-likeness (QED) is 0.653. The van der Waals surface area contributed by atoms with E-state index in [0.29, 0.717) is 36.6 Å². The number of ether oxygens (including phenoxy) is 4. The Balaban J connectivity index is 1.49. The molecule has 1 unspecified atom stereocenters. The number of rotatable bonds is 6. The number of allylic oxidation sites excluding steroid dienone is 3. The van der Waals surface area contributed by atoms with Crippen molar-refractivity contribution < 1.29 is 28.1 Å². The molecule has 174 valence electrons. The van der Waals surface area contributed by atoms with E-state index in [4.69, 9.17) is 18.9 Å². The molecule has 6 nitrogen and oxygen atoms in total. The highest BCUT2D eigenvalue weighted by molar-refractivity contribution is 5.95. The number of fused-ring (bicyclic) bond motifs is 1. The number of benzene rings is 1. The summed E-state index contributed by atoms with van der Waals surface area (Å²) >= 11 is 0. The van der Waals surface area contributed by atoms with E-state index in [1.807, 2.05) is 4.90 Å². The van der Waals surface area contributed by atoms with Gasteiger partial charge in [-0.05, 0) is 44.9 Å². The van der Waals surface area contributed by atoms with Gasteiger partial charge in [0.2, 0.25) is 0 Å². The lowest BCUT2D eigenvalue weighted by molar-refractivity contribution is -0.105. The third-order valence-electron chi connectivity index (χ3n) is 6.73. The molecule has 2 aliphatic heterocycles. The molecule has 0 N–H and O–H groups in total. The minimum absolute atomic E-state index is 0.103. The van der Waals surface area contributed by atoms with E-state index in [2.05, 4.69) is 31.2 Å². The molecule has 2 fully saturated rings. The topological polar surface area (TPSA) is 57.2 Å². The summed E-state index contributed by atoms with van der Waals surface area (Å²) in [5.74, 6) is 0.706. The fourth-order valence-electron chi connectivity index (χ4n) is 4.87. The second-order valence-corrected chi connectivity index (χ2v) is 9.59. The van der Waals surface area contributed by atoms with Crippen LogP contribution in [0.4, 0.5) is 4.39 Å². The average Bonchev–Trinajstić information content (AvgIpc) is 3.22. The Morgan fingerprint density at radius 3 is 2.81 bits per heavy atom. The molecule has 1 aromatic carbocycles. The average molecular weight is 446 g/mol. The van der Waals surface area contributed by atoms with Gasteiger partial charge in [0, 0.05) is 17.5 Å². The maximum atomic E-state index is 13.8. The Kier molecular flexibility index (Phi) is 6.07. The first kappa shape index (κ1) is 22.8. The molecule has 1 amide bonds. The fraction of sp³-hybridized carbons (Fsp3) is 0.560. The molecule has 3 aliphatic rings. The van der Waals surface area contributed by atoms with Crippen molar-refractivity contribution >= 4 is 5.91 Å². The van der Waals surface area contributed by atoms with Gasteiger partial charge in [-0.25, -0.2) is 4.39 Å². The minimum Gasteiger partial charge on any atom is -0.493 e. The number of amides is 1. The predicted molar refractivity (Wildman–Crippen MR) is 119 cm³/mol. The van der Waals surface area contributed by atoms with Gasteiger partial charge in [-0.15, -0.1) is 0 Å². The molecule has 7 heteroatoms. The largest absolute Gasteiger partial charge is 0.493 e. The highest BCUT2D eigenvalue weighted by Gasteiger charge is 2.59. The van der Waals surface area contributed by atoms with Crippen molar-refractivity contribution in [2.24, 2.45) is 5.41 Å². The zero-order chi connectivity index (χ0) is 23.0. The number of piperidine rings is 1. The van der Waals surface area contributed by atoms with Crippen LogP contribution in [-0.4, -0.2) is 61.8 Å². The number of hydrogen-bond acceptors (Lipinski definition) is 5. The van der Waals surface area contributed by atoms with E-state index in [0.717, 1.165) is 6.42 Å². The van der Waals surface area contributed by atoms with Gasteiger partial charge in [0.15, 0.2) is 11.5 Å². The molecule has 0 bridgehead atoms. The molecular weight excluding hydrogens is 413 g/mol. The SMILES string of the molecule is COc1cc(C(=O)N2CC[C@]3(C4(C)C=CC=CC4)OCO[C@@H]3C2)ccc1OCC(C)(C)F. The normalized spacial score (nSPS) is 29.7. The van der Waals surface area contributed by atoms with Crippen molar-refractivity contribution in [3.63, 3.8) is 0 Å². The molecule has 0 aromatic heterocycles. The molecule has 4 rings (SSSR count). The molecule has 2 heterocycles. The van der Waals surface area contributed by atoms with Gasteiger partial charge in [0.25, 0.3) is 5.91 Å². The predicted octanol–water partition coefficient (Wildman–Crippen LogP) is 4.30. The fourth-order valence-corrected chi connectivity index (χ4v) is 4.87. The summed E-state index contributed by atoms with van der Waals surface area (Å²) in [6.07, 6.45) is 9.86. The van der Waals surface area contributed by atoms with Crippen LogP contribution in [0, 0.1) is 5.41 Å². The number of hydrogen-bond donors (Lipinski definition) is 0. The Morgan fingerprint density at radius 1 is 1.31 bits per heavy atom. The standard InChI is InChI=1S/C25H32FNO5/c1-23(2,26)16-30-19-9-8-18(14-20(19)29-4)22(28)27-13-12-25(21(15-27)31-17-32-25)24(3)10-6-5-7-11-24/h5-10,14,21H,11-13,15-17H2,1-4H3/t21-,24?,25+/m1/s1. The first-order chi connectivity index (χ1) is 15.2. The van der Waals surface area contributed by atoms with Crippen molar-refractivity contribution in [3.8, 4) is 11.5 Å². The van der Waals surface area contributed by atoms with Crippen molar-refractivity contribution in [1.82, 2.24) is 4.90 Å². The molecule has 3 atom stereocenters. The lowest BCUT2D eigenvalue weighted by Gasteiger charge is -2.51. The Labute approximate surface area is 189 Å². The number of likely N-dealkylation sites (tertiary alicyclic amines) is 1. The second kappa shape index (κ2) is 8.52. The van der Waals surface area contributed by atoms with Crippen LogP contribution in [0.15, 0.2) is 42.5 Å². The van der Waals surface area contributed by atoms with Gasteiger partial charge in [-0.2, -0.15) is 0 Å². The second-order valence-electron chi connectivity index (χ2n) is 9.59. The van der Waals surface area contributed by atoms with Crippen LogP contribution in [-0.2, 0) is 9.47 Å². The zero-order valence-electron chi connectivity index (χ0n) is 19.2. The lowest BCUT2D eigenvalue weighted by Crippen LogP contribution is -2.62. The number of methoxy groups -OCH3 is 1. The van der Waals surface area contributed by atoms with E-state index < -0.39 is 11.3 Å². The summed E-state index contributed by atoms with van der Waals surface area (Å²) in [6.45, 7) is 6.27. The van der Waals surface area contributed by atoms with Crippen molar-refractivity contribution in [1.29, 1.82) is 0 Å². The van der Waals surface area contributed by atoms with Gasteiger partial charge in [-0.1, -0.05) is 31.2 Å². The van der Waals surface area contributed by atoms with Crippen LogP contribution < -0.4 is 9.47 Å². The summed E-state index contributed by atoms with van der Waals surface area (Å²) in [7, 11) is 1.50. The first-order valence-electron chi connectivity index (χ1n) is 11.1. The van der Waals surface area contributed by atoms with Gasteiger partial charge >= 0.3 is 0 Å². The molecule has 0 saturated carbocycles. The Morgan fingerprint density at radius 2 is 2.12 bits per heavy atom. The Bertz CT molecular complexity index is 923. The molecule has 1 aromatic rings. The number of halogens is 1. The maximum absolute atomic E-state index is 13.8. The van der Waals surface area contributed by atoms with E-state index >= 15 is 0 Å². The maximum Gasteiger partial charge on any atom is 0.254 e. The molecule has 2 saturated heterocycles. The monoisotopic (exact) mass is 445 g/mol. The number of nitrogens with zero attached hydrogens (tertiary/aromatic N) is 1. The van der Waals surface area contributed by atoms with Gasteiger partial charge in [0.1, 0.15) is 30.8 Å². The minimum atomic E-state index is -1.47. The summed E-state index contributed by atoms with van der Waals surface area (Å²) in [6, 6.07) is 4.99. The van der Waals surface area contributed by atoms with Crippen LogP contribution >= 0.6 is 0 Å². The van der Waals surface area contributed by atoms with E-state index in [9.17, 15) is 9.18 Å². The summed E-state index contributed by atoms with van der Waals surface area (Å²) in [4.78, 5) is 15.1. The smallest absolute Gasteiger partial charge is 0.254 e. The van der Waals surface area contributed by atoms with Gasteiger partial charge < -0.3 is 23.8 Å². The summed E-state index contributed by atoms with van der Waals surface area (Å²) < 4.78 is 36.9. The molecule has 32 heavy (non-hydrogen) atoms. The lowest BCUT2D eigenvalue weighted by atomic mass is 9.64. The van der Waals surface area contributed by atoms with Crippen molar-refractivity contribution in [3.05, 3.63) is 48.1 Å². The van der Waals surface area contributed by atoms with Gasteiger partial charge in [0.05, 0.1) is 13.7 Å². The third-order valence-corrected chi connectivity index (χ3v) is 6.73. The Hall–Kier alpha value is -2.38. The number of carbonyl (C=O) groups is 1. The third kappa shape index (κ3) is 4.16. The van der Waals surface area contributed by atoms with Crippen molar-refractivity contribution in [2.75, 3.05) is 33.6 Å². The molecular formula is C25H32FNO5.